The summed E-state index contributed by atoms with van der Waals surface area (Å²) in [6, 6.07) is 0. The van der Waals surface area contributed by atoms with Crippen LogP contribution in [0.3, 0.4) is 0 Å². The zero-order valence-electron chi connectivity index (χ0n) is 7.31. The van der Waals surface area contributed by atoms with Gasteiger partial charge in [0.1, 0.15) is 6.61 Å². The molecule has 0 aromatic heterocycles. The second-order valence-electron chi connectivity index (χ2n) is 3.05. The van der Waals surface area contributed by atoms with Crippen LogP contribution in [0, 0.1) is 0 Å². The maximum absolute atomic E-state index is 5.00. The van der Waals surface area contributed by atoms with Crippen molar-refractivity contribution in [3.8, 4) is 0 Å². The van der Waals surface area contributed by atoms with E-state index in [4.69, 9.17) is 4.84 Å². The topological polar surface area (TPSA) is 21.6 Å². The van der Waals surface area contributed by atoms with E-state index in [1.165, 1.54) is 25.0 Å². The molecule has 2 nitrogen and oxygen atoms in total. The van der Waals surface area contributed by atoms with Crippen LogP contribution in [-0.4, -0.2) is 12.3 Å². The van der Waals surface area contributed by atoms with E-state index in [-0.39, 0.29) is 0 Å². The van der Waals surface area contributed by atoms with E-state index in [0.717, 1.165) is 25.9 Å². The Kier molecular flexibility index (Phi) is 4.02. The molecule has 0 aliphatic carbocycles. The lowest BCUT2D eigenvalue weighted by atomic mass is 10.1. The highest BCUT2D eigenvalue weighted by Crippen LogP contribution is 2.09. The Balaban J connectivity index is 2.09. The summed E-state index contributed by atoms with van der Waals surface area (Å²) in [5, 5.41) is 4.02. The predicted octanol–water partition coefficient (Wildman–Crippen LogP) is 2.73. The van der Waals surface area contributed by atoms with Gasteiger partial charge in [-0.15, -0.1) is 0 Å². The Bertz CT molecular complexity index is 132. The fourth-order valence-electron chi connectivity index (χ4n) is 1.27. The minimum atomic E-state index is 0.817. The molecule has 1 aliphatic rings. The molecule has 0 amide bonds. The van der Waals surface area contributed by atoms with Crippen molar-refractivity contribution in [2.45, 2.75) is 45.4 Å². The van der Waals surface area contributed by atoms with Gasteiger partial charge in [-0.1, -0.05) is 24.9 Å². The third-order valence-corrected chi connectivity index (χ3v) is 1.96. The standard InChI is InChI=1S/C9H17NO/c1-2-3-4-6-9-7-5-8-11-10-9/h2-8H2,1H3. The molecule has 11 heavy (non-hydrogen) atoms. The number of unbranched alkanes of at least 4 members (excludes halogenated alkanes) is 2. The highest BCUT2D eigenvalue weighted by Gasteiger charge is 2.04. The summed E-state index contributed by atoms with van der Waals surface area (Å²) in [4.78, 5) is 5.00. The molecule has 0 fully saturated rings. The Hall–Kier alpha value is -0.530. The molecule has 0 saturated carbocycles. The normalized spacial score (nSPS) is 17.4. The van der Waals surface area contributed by atoms with Gasteiger partial charge >= 0.3 is 0 Å². The van der Waals surface area contributed by atoms with Crippen molar-refractivity contribution in [1.29, 1.82) is 0 Å². The molecule has 1 rings (SSSR count). The number of hydrogen-bond donors (Lipinski definition) is 0. The second-order valence-corrected chi connectivity index (χ2v) is 3.05. The van der Waals surface area contributed by atoms with Crippen LogP contribution in [0.15, 0.2) is 5.16 Å². The first-order chi connectivity index (χ1) is 5.43. The van der Waals surface area contributed by atoms with Crippen molar-refractivity contribution >= 4 is 5.71 Å². The van der Waals surface area contributed by atoms with E-state index >= 15 is 0 Å². The van der Waals surface area contributed by atoms with Crippen molar-refractivity contribution in [1.82, 2.24) is 0 Å². The summed E-state index contributed by atoms with van der Waals surface area (Å²) in [5.74, 6) is 0. The van der Waals surface area contributed by atoms with Gasteiger partial charge in [-0.25, -0.2) is 0 Å². The zero-order valence-corrected chi connectivity index (χ0v) is 7.31. The number of oxime groups is 1. The molecule has 0 unspecified atom stereocenters. The monoisotopic (exact) mass is 155 g/mol. The Morgan fingerprint density at radius 1 is 1.45 bits per heavy atom. The van der Waals surface area contributed by atoms with E-state index in [1.54, 1.807) is 0 Å². The quantitative estimate of drug-likeness (QED) is 0.572. The van der Waals surface area contributed by atoms with Gasteiger partial charge in [-0.05, 0) is 25.7 Å². The number of nitrogens with zero attached hydrogens (tertiary/aromatic N) is 1. The van der Waals surface area contributed by atoms with Gasteiger partial charge in [0.05, 0.1) is 5.71 Å². The van der Waals surface area contributed by atoms with Crippen LogP contribution in [0.2, 0.25) is 0 Å². The minimum absolute atomic E-state index is 0.817. The van der Waals surface area contributed by atoms with Crippen LogP contribution in [-0.2, 0) is 4.84 Å². The smallest absolute Gasteiger partial charge is 0.117 e. The highest BCUT2D eigenvalue weighted by molar-refractivity contribution is 5.84. The minimum Gasteiger partial charge on any atom is -0.396 e. The van der Waals surface area contributed by atoms with Crippen molar-refractivity contribution in [3.05, 3.63) is 0 Å². The van der Waals surface area contributed by atoms with Crippen LogP contribution < -0.4 is 0 Å². The maximum atomic E-state index is 5.00. The van der Waals surface area contributed by atoms with Crippen molar-refractivity contribution < 1.29 is 4.84 Å². The first-order valence-electron chi connectivity index (χ1n) is 4.61. The molecule has 0 spiro atoms. The third-order valence-electron chi connectivity index (χ3n) is 1.96. The lowest BCUT2D eigenvalue weighted by Crippen LogP contribution is -2.07. The molecule has 0 atom stereocenters. The van der Waals surface area contributed by atoms with Gasteiger partial charge in [-0.3, -0.25) is 0 Å². The Labute approximate surface area is 68.6 Å². The van der Waals surface area contributed by atoms with Crippen molar-refractivity contribution in [2.75, 3.05) is 6.61 Å². The maximum Gasteiger partial charge on any atom is 0.117 e. The molecule has 2 heteroatoms. The molecule has 1 aliphatic heterocycles. The van der Waals surface area contributed by atoms with Gasteiger partial charge in [0, 0.05) is 0 Å². The van der Waals surface area contributed by atoms with E-state index in [0.29, 0.717) is 0 Å². The predicted molar refractivity (Wildman–Crippen MR) is 46.8 cm³/mol. The van der Waals surface area contributed by atoms with E-state index in [2.05, 4.69) is 12.1 Å². The average Bonchev–Trinajstić information content (AvgIpc) is 2.07. The summed E-state index contributed by atoms with van der Waals surface area (Å²) in [5.41, 5.74) is 1.27. The summed E-state index contributed by atoms with van der Waals surface area (Å²) in [6.45, 7) is 3.04. The molecule has 0 bridgehead atoms. The molecule has 1 heterocycles. The molecule has 0 saturated heterocycles. The fourth-order valence-corrected chi connectivity index (χ4v) is 1.27. The average molecular weight is 155 g/mol. The summed E-state index contributed by atoms with van der Waals surface area (Å²) in [6.07, 6.45) is 7.34. The largest absolute Gasteiger partial charge is 0.396 e. The van der Waals surface area contributed by atoms with Gasteiger partial charge in [0.25, 0.3) is 0 Å². The van der Waals surface area contributed by atoms with Gasteiger partial charge in [-0.2, -0.15) is 0 Å². The summed E-state index contributed by atoms with van der Waals surface area (Å²) < 4.78 is 0. The molecule has 0 aromatic carbocycles. The fraction of sp³-hybridized carbons (Fsp3) is 0.889. The molecule has 0 radical (unpaired) electrons. The zero-order chi connectivity index (χ0) is 7.94. The third kappa shape index (κ3) is 3.40. The lowest BCUT2D eigenvalue weighted by Gasteiger charge is -2.10. The summed E-state index contributed by atoms with van der Waals surface area (Å²) in [7, 11) is 0. The van der Waals surface area contributed by atoms with Crippen LogP contribution >= 0.6 is 0 Å². The second kappa shape index (κ2) is 5.16. The van der Waals surface area contributed by atoms with E-state index in [1.807, 2.05) is 0 Å². The summed E-state index contributed by atoms with van der Waals surface area (Å²) >= 11 is 0. The first-order valence-corrected chi connectivity index (χ1v) is 4.61. The lowest BCUT2D eigenvalue weighted by molar-refractivity contribution is 0.130. The molecule has 0 N–H and O–H groups in total. The molecule has 0 aromatic rings. The molecular formula is C9H17NO. The van der Waals surface area contributed by atoms with Crippen molar-refractivity contribution in [3.63, 3.8) is 0 Å². The van der Waals surface area contributed by atoms with Crippen LogP contribution in [0.1, 0.15) is 45.4 Å². The van der Waals surface area contributed by atoms with Gasteiger partial charge in [0.2, 0.25) is 0 Å². The number of hydrogen-bond acceptors (Lipinski definition) is 2. The van der Waals surface area contributed by atoms with Crippen LogP contribution in [0.5, 0.6) is 0 Å². The first kappa shape index (κ1) is 8.57. The SMILES string of the molecule is CCCCCC1=NOCCC1. The number of rotatable bonds is 4. The van der Waals surface area contributed by atoms with E-state index in [9.17, 15) is 0 Å². The highest BCUT2D eigenvalue weighted by atomic mass is 16.6. The van der Waals surface area contributed by atoms with E-state index < -0.39 is 0 Å². The van der Waals surface area contributed by atoms with Crippen LogP contribution in [0.25, 0.3) is 0 Å². The van der Waals surface area contributed by atoms with Gasteiger partial charge < -0.3 is 4.84 Å². The molecule has 64 valence electrons. The van der Waals surface area contributed by atoms with Crippen molar-refractivity contribution in [2.24, 2.45) is 5.16 Å². The molecular weight excluding hydrogens is 138 g/mol. The Morgan fingerprint density at radius 2 is 2.36 bits per heavy atom. The Morgan fingerprint density at radius 3 is 3.00 bits per heavy atom. The van der Waals surface area contributed by atoms with Gasteiger partial charge in [0.15, 0.2) is 0 Å². The van der Waals surface area contributed by atoms with Crippen LogP contribution in [0.4, 0.5) is 0 Å².